The number of nitrogens with one attached hydrogen (secondary N) is 4. The number of aromatic nitrogens is 2. The fraction of sp³-hybridized carbons (Fsp3) is 0.231. The molecule has 1 aliphatic heterocycles. The molecule has 2 aromatic carbocycles. The number of rotatable bonds is 8. The molecule has 1 saturated heterocycles. The topological polar surface area (TPSA) is 119 Å². The Bertz CT molecular complexity index is 1340. The summed E-state index contributed by atoms with van der Waals surface area (Å²) in [7, 11) is 0. The first-order valence-corrected chi connectivity index (χ1v) is 11.8. The fourth-order valence-corrected chi connectivity index (χ4v) is 4.19. The lowest BCUT2D eigenvalue weighted by Gasteiger charge is -2.32. The van der Waals surface area contributed by atoms with E-state index in [1.165, 1.54) is 6.08 Å². The van der Waals surface area contributed by atoms with Crippen molar-refractivity contribution in [3.8, 4) is 0 Å². The van der Waals surface area contributed by atoms with Gasteiger partial charge in [0, 0.05) is 43.5 Å². The molecule has 0 atom stereocenters. The van der Waals surface area contributed by atoms with E-state index in [9.17, 15) is 27.6 Å². The van der Waals surface area contributed by atoms with Crippen LogP contribution in [0.15, 0.2) is 55.3 Å². The second-order valence-electron chi connectivity index (χ2n) is 8.77. The first-order chi connectivity index (χ1) is 18.2. The summed E-state index contributed by atoms with van der Waals surface area (Å²) in [5.74, 6) is -5.90. The van der Waals surface area contributed by atoms with E-state index in [-0.39, 0.29) is 23.3 Å². The highest BCUT2D eigenvalue weighted by atomic mass is 19.1. The molecule has 1 aromatic heterocycles. The third-order valence-electron chi connectivity index (χ3n) is 6.06. The molecule has 38 heavy (non-hydrogen) atoms. The van der Waals surface area contributed by atoms with Gasteiger partial charge in [-0.25, -0.2) is 13.2 Å². The van der Waals surface area contributed by atoms with E-state index in [4.69, 9.17) is 0 Å². The Hall–Kier alpha value is -4.45. The first kappa shape index (κ1) is 26.6. The van der Waals surface area contributed by atoms with Crippen molar-refractivity contribution in [2.45, 2.75) is 25.4 Å². The third-order valence-corrected chi connectivity index (χ3v) is 6.06. The van der Waals surface area contributed by atoms with E-state index in [2.05, 4.69) is 37.6 Å². The van der Waals surface area contributed by atoms with Crippen LogP contribution in [-0.2, 0) is 11.3 Å². The lowest BCUT2D eigenvalue weighted by atomic mass is 10.0. The number of anilines is 2. The zero-order valence-corrected chi connectivity index (χ0v) is 20.2. The molecule has 198 valence electrons. The fourth-order valence-electron chi connectivity index (χ4n) is 4.19. The van der Waals surface area contributed by atoms with Gasteiger partial charge in [-0.1, -0.05) is 18.7 Å². The lowest BCUT2D eigenvalue weighted by molar-refractivity contribution is -0.111. The Morgan fingerprint density at radius 1 is 1.05 bits per heavy atom. The van der Waals surface area contributed by atoms with Crippen molar-refractivity contribution in [1.29, 1.82) is 0 Å². The zero-order chi connectivity index (χ0) is 27.2. The predicted molar refractivity (Wildman–Crippen MR) is 134 cm³/mol. The smallest absolute Gasteiger partial charge is 0.271 e. The molecule has 0 saturated carbocycles. The van der Waals surface area contributed by atoms with Gasteiger partial charge in [0.15, 0.2) is 0 Å². The maximum atomic E-state index is 13.9. The molecule has 0 radical (unpaired) electrons. The second-order valence-corrected chi connectivity index (χ2v) is 8.77. The number of piperidine rings is 1. The summed E-state index contributed by atoms with van der Waals surface area (Å²) < 4.78 is 41.0. The molecule has 0 unspecified atom stereocenters. The molecule has 4 N–H and O–H groups in total. The summed E-state index contributed by atoms with van der Waals surface area (Å²) >= 11 is 0. The summed E-state index contributed by atoms with van der Waals surface area (Å²) in [6.07, 6.45) is 3.68. The Kier molecular flexibility index (Phi) is 8.22. The minimum atomic E-state index is -1.37. The number of amides is 3. The van der Waals surface area contributed by atoms with Gasteiger partial charge in [0.25, 0.3) is 11.8 Å². The van der Waals surface area contributed by atoms with E-state index in [0.29, 0.717) is 50.3 Å². The number of carbonyl (C=O) groups is 3. The van der Waals surface area contributed by atoms with Crippen molar-refractivity contribution in [2.75, 3.05) is 23.7 Å². The van der Waals surface area contributed by atoms with Gasteiger partial charge in [0.1, 0.15) is 28.7 Å². The molecule has 0 aliphatic carbocycles. The highest BCUT2D eigenvalue weighted by Gasteiger charge is 2.25. The van der Waals surface area contributed by atoms with Gasteiger partial charge in [-0.05, 0) is 36.6 Å². The molecule has 12 heteroatoms. The van der Waals surface area contributed by atoms with Gasteiger partial charge in [0.2, 0.25) is 5.91 Å². The number of nitrogens with zero attached hydrogens (tertiary/aromatic N) is 2. The summed E-state index contributed by atoms with van der Waals surface area (Å²) in [6, 6.07) is 8.17. The van der Waals surface area contributed by atoms with E-state index in [0.717, 1.165) is 11.8 Å². The molecule has 0 spiro atoms. The third kappa shape index (κ3) is 6.45. The number of halogens is 3. The van der Waals surface area contributed by atoms with Crippen LogP contribution in [0.2, 0.25) is 0 Å². The quantitative estimate of drug-likeness (QED) is 0.335. The molecule has 0 bridgehead atoms. The van der Waals surface area contributed by atoms with Gasteiger partial charge in [0.05, 0.1) is 11.9 Å². The van der Waals surface area contributed by atoms with E-state index in [1.807, 2.05) is 18.2 Å². The number of hydrogen-bond donors (Lipinski definition) is 4. The van der Waals surface area contributed by atoms with Crippen LogP contribution in [0.1, 0.15) is 39.3 Å². The first-order valence-electron chi connectivity index (χ1n) is 11.8. The normalized spacial score (nSPS) is 14.1. The second kappa shape index (κ2) is 11.7. The maximum absolute atomic E-state index is 13.9. The Morgan fingerprint density at radius 2 is 1.76 bits per heavy atom. The molecule has 1 aliphatic rings. The van der Waals surface area contributed by atoms with Crippen LogP contribution in [0.4, 0.5) is 24.5 Å². The SMILES string of the molecule is C=CC(=O)Nc1cccc(CN2CCC(NC(=O)c3[nH]ncc3NC(=O)c3c(F)cc(F)cc3F)CC2)c1. The van der Waals surface area contributed by atoms with Gasteiger partial charge in [-0.15, -0.1) is 0 Å². The van der Waals surface area contributed by atoms with Crippen LogP contribution in [0, 0.1) is 17.5 Å². The summed E-state index contributed by atoms with van der Waals surface area (Å²) in [4.78, 5) is 39.0. The molecular weight excluding hydrogens is 501 g/mol. The largest absolute Gasteiger partial charge is 0.348 e. The minimum absolute atomic E-state index is 0.0727. The highest BCUT2D eigenvalue weighted by molar-refractivity contribution is 6.08. The summed E-state index contributed by atoms with van der Waals surface area (Å²) in [5, 5.41) is 14.1. The minimum Gasteiger partial charge on any atom is -0.348 e. The average molecular weight is 527 g/mol. The van der Waals surface area contributed by atoms with Crippen molar-refractivity contribution in [1.82, 2.24) is 20.4 Å². The van der Waals surface area contributed by atoms with Crippen LogP contribution < -0.4 is 16.0 Å². The van der Waals surface area contributed by atoms with Crippen molar-refractivity contribution in [3.63, 3.8) is 0 Å². The van der Waals surface area contributed by atoms with Crippen molar-refractivity contribution < 1.29 is 27.6 Å². The maximum Gasteiger partial charge on any atom is 0.271 e. The molecule has 2 heterocycles. The molecule has 9 nitrogen and oxygen atoms in total. The molecule has 4 rings (SSSR count). The van der Waals surface area contributed by atoms with E-state index in [1.54, 1.807) is 6.07 Å². The highest BCUT2D eigenvalue weighted by Crippen LogP contribution is 2.20. The van der Waals surface area contributed by atoms with E-state index < -0.39 is 34.8 Å². The van der Waals surface area contributed by atoms with Gasteiger partial charge in [-0.2, -0.15) is 5.10 Å². The Morgan fingerprint density at radius 3 is 2.45 bits per heavy atom. The monoisotopic (exact) mass is 526 g/mol. The molecule has 3 aromatic rings. The summed E-state index contributed by atoms with van der Waals surface area (Å²) in [5.41, 5.74) is 0.585. The van der Waals surface area contributed by atoms with Crippen LogP contribution in [0.5, 0.6) is 0 Å². The lowest BCUT2D eigenvalue weighted by Crippen LogP contribution is -2.44. The van der Waals surface area contributed by atoms with Crippen LogP contribution in [0.3, 0.4) is 0 Å². The zero-order valence-electron chi connectivity index (χ0n) is 20.2. The van der Waals surface area contributed by atoms with Crippen LogP contribution >= 0.6 is 0 Å². The molecule has 3 amide bonds. The van der Waals surface area contributed by atoms with Crippen molar-refractivity contribution >= 4 is 29.1 Å². The number of benzene rings is 2. The van der Waals surface area contributed by atoms with Crippen molar-refractivity contribution in [2.24, 2.45) is 0 Å². The molecule has 1 fully saturated rings. The number of hydrogen-bond acceptors (Lipinski definition) is 5. The number of carbonyl (C=O) groups excluding carboxylic acids is 3. The van der Waals surface area contributed by atoms with Crippen LogP contribution in [0.25, 0.3) is 0 Å². The number of likely N-dealkylation sites (tertiary alicyclic amines) is 1. The number of H-pyrrole nitrogens is 1. The van der Waals surface area contributed by atoms with Gasteiger partial charge < -0.3 is 16.0 Å². The number of aromatic amines is 1. The van der Waals surface area contributed by atoms with Crippen molar-refractivity contribution in [3.05, 3.63) is 89.5 Å². The Labute approximate surface area is 216 Å². The predicted octanol–water partition coefficient (Wildman–Crippen LogP) is 3.60. The molecular formula is C26H25F3N6O3. The van der Waals surface area contributed by atoms with E-state index >= 15 is 0 Å². The van der Waals surface area contributed by atoms with Gasteiger partial charge in [-0.3, -0.25) is 24.4 Å². The average Bonchev–Trinajstić information content (AvgIpc) is 3.33. The summed E-state index contributed by atoms with van der Waals surface area (Å²) in [6.45, 7) is 5.54. The van der Waals surface area contributed by atoms with Gasteiger partial charge >= 0.3 is 0 Å². The Balaban J connectivity index is 1.31. The van der Waals surface area contributed by atoms with Crippen LogP contribution in [-0.4, -0.2) is 52.0 Å². The standard InChI is InChI=1S/C26H25F3N6O3/c1-2-22(36)31-18-5-3-4-15(10-18)14-35-8-6-17(7-9-35)32-26(38)24-21(13-30-34-24)33-25(37)23-19(28)11-16(27)12-20(23)29/h2-5,10-13,17H,1,6-9,14H2,(H,30,34)(H,31,36)(H,32,38)(H,33,37).